The predicted octanol–water partition coefficient (Wildman–Crippen LogP) is 3.47. The molecule has 1 aromatic rings. The van der Waals surface area contributed by atoms with Gasteiger partial charge in [0.15, 0.2) is 0 Å². The Hall–Kier alpha value is -1.81. The summed E-state index contributed by atoms with van der Waals surface area (Å²) in [6, 6.07) is 8.68. The van der Waals surface area contributed by atoms with Crippen molar-refractivity contribution in [1.82, 2.24) is 9.80 Å². The summed E-state index contributed by atoms with van der Waals surface area (Å²) < 4.78 is 5.43. The number of ether oxygens (including phenoxy) is 1. The molecule has 0 unspecified atom stereocenters. The van der Waals surface area contributed by atoms with Crippen molar-refractivity contribution < 1.29 is 9.53 Å². The lowest BCUT2D eigenvalue weighted by molar-refractivity contribution is 0.0139. The molecule has 0 aliphatic carbocycles. The molecule has 1 aliphatic rings. The summed E-state index contributed by atoms with van der Waals surface area (Å²) in [7, 11) is 0. The van der Waals surface area contributed by atoms with Gasteiger partial charge in [0.25, 0.3) is 0 Å². The number of hydrogen-bond acceptors (Lipinski definition) is 3. The van der Waals surface area contributed by atoms with Crippen LogP contribution in [0.3, 0.4) is 0 Å². The van der Waals surface area contributed by atoms with Crippen LogP contribution >= 0.6 is 0 Å². The highest BCUT2D eigenvalue weighted by molar-refractivity contribution is 5.68. The Bertz CT molecular complexity index is 523. The molecule has 1 saturated heterocycles. The monoisotopic (exact) mass is 316 g/mol. The lowest BCUT2D eigenvalue weighted by atomic mass is 10.1. The molecule has 1 heterocycles. The SMILES string of the molecule is C=CCc1ccc(CN2CCN(C(=O)OC(C)(C)C)CC2)cc1. The van der Waals surface area contributed by atoms with Crippen molar-refractivity contribution in [3.63, 3.8) is 0 Å². The van der Waals surface area contributed by atoms with Crippen molar-refractivity contribution in [3.8, 4) is 0 Å². The number of nitrogens with zero attached hydrogens (tertiary/aromatic N) is 2. The molecule has 0 spiro atoms. The van der Waals surface area contributed by atoms with E-state index < -0.39 is 5.60 Å². The molecular weight excluding hydrogens is 288 g/mol. The maximum atomic E-state index is 12.1. The Morgan fingerprint density at radius 2 is 1.70 bits per heavy atom. The highest BCUT2D eigenvalue weighted by Crippen LogP contribution is 2.14. The molecule has 0 N–H and O–H groups in total. The second kappa shape index (κ2) is 7.64. The first-order chi connectivity index (χ1) is 10.9. The third-order valence-corrected chi connectivity index (χ3v) is 3.83. The van der Waals surface area contributed by atoms with Crippen LogP contribution in [-0.2, 0) is 17.7 Å². The van der Waals surface area contributed by atoms with E-state index in [1.165, 1.54) is 11.1 Å². The van der Waals surface area contributed by atoms with Crippen LogP contribution in [0.1, 0.15) is 31.9 Å². The smallest absolute Gasteiger partial charge is 0.410 e. The van der Waals surface area contributed by atoms with Crippen molar-refractivity contribution in [3.05, 3.63) is 48.0 Å². The fourth-order valence-electron chi connectivity index (χ4n) is 2.62. The summed E-state index contributed by atoms with van der Waals surface area (Å²) in [5.41, 5.74) is 2.17. The Balaban J connectivity index is 1.80. The van der Waals surface area contributed by atoms with E-state index in [2.05, 4.69) is 35.7 Å². The summed E-state index contributed by atoms with van der Waals surface area (Å²) in [5, 5.41) is 0. The third-order valence-electron chi connectivity index (χ3n) is 3.83. The number of allylic oxidation sites excluding steroid dienone is 1. The van der Waals surface area contributed by atoms with Crippen LogP contribution in [0, 0.1) is 0 Å². The van der Waals surface area contributed by atoms with Gasteiger partial charge in [-0.2, -0.15) is 0 Å². The summed E-state index contributed by atoms with van der Waals surface area (Å²) in [4.78, 5) is 16.2. The fourth-order valence-corrected chi connectivity index (χ4v) is 2.62. The number of carbonyl (C=O) groups excluding carboxylic acids is 1. The Morgan fingerprint density at radius 1 is 1.13 bits per heavy atom. The zero-order valence-electron chi connectivity index (χ0n) is 14.5. The van der Waals surface area contributed by atoms with Gasteiger partial charge in [-0.1, -0.05) is 30.3 Å². The molecule has 0 atom stereocenters. The lowest BCUT2D eigenvalue weighted by Crippen LogP contribution is -2.49. The number of benzene rings is 1. The molecule has 2 rings (SSSR count). The van der Waals surface area contributed by atoms with Crippen molar-refractivity contribution in [2.24, 2.45) is 0 Å². The van der Waals surface area contributed by atoms with Gasteiger partial charge >= 0.3 is 6.09 Å². The predicted molar refractivity (Wildman–Crippen MR) is 93.4 cm³/mol. The van der Waals surface area contributed by atoms with Gasteiger partial charge in [0, 0.05) is 32.7 Å². The van der Waals surface area contributed by atoms with Gasteiger partial charge in [0.1, 0.15) is 5.60 Å². The van der Waals surface area contributed by atoms with E-state index in [4.69, 9.17) is 4.74 Å². The van der Waals surface area contributed by atoms with E-state index in [0.717, 1.165) is 39.1 Å². The molecule has 0 radical (unpaired) electrons. The zero-order chi connectivity index (χ0) is 16.9. The topological polar surface area (TPSA) is 32.8 Å². The average molecular weight is 316 g/mol. The molecule has 1 aromatic carbocycles. The van der Waals surface area contributed by atoms with E-state index in [-0.39, 0.29) is 6.09 Å². The molecule has 1 fully saturated rings. The second-order valence-electron chi connectivity index (χ2n) is 7.05. The molecular formula is C19H28N2O2. The Labute approximate surface area is 139 Å². The number of hydrogen-bond donors (Lipinski definition) is 0. The van der Waals surface area contributed by atoms with Crippen molar-refractivity contribution in [2.45, 2.75) is 39.3 Å². The summed E-state index contributed by atoms with van der Waals surface area (Å²) in [5.74, 6) is 0. The molecule has 0 saturated carbocycles. The third kappa shape index (κ3) is 5.71. The highest BCUT2D eigenvalue weighted by atomic mass is 16.6. The molecule has 1 aliphatic heterocycles. The lowest BCUT2D eigenvalue weighted by Gasteiger charge is -2.35. The van der Waals surface area contributed by atoms with Crippen LogP contribution in [0.5, 0.6) is 0 Å². The minimum Gasteiger partial charge on any atom is -0.444 e. The van der Waals surface area contributed by atoms with Crippen LogP contribution in [0.25, 0.3) is 0 Å². The van der Waals surface area contributed by atoms with Crippen molar-refractivity contribution in [1.29, 1.82) is 0 Å². The number of amides is 1. The summed E-state index contributed by atoms with van der Waals surface area (Å²) in [6.07, 6.45) is 2.63. The molecule has 4 heteroatoms. The van der Waals surface area contributed by atoms with Gasteiger partial charge in [0.2, 0.25) is 0 Å². The number of carbonyl (C=O) groups is 1. The second-order valence-corrected chi connectivity index (χ2v) is 7.05. The summed E-state index contributed by atoms with van der Waals surface area (Å²) in [6.45, 7) is 13.6. The molecule has 126 valence electrons. The minimum atomic E-state index is -0.429. The molecule has 23 heavy (non-hydrogen) atoms. The van der Waals surface area contributed by atoms with Gasteiger partial charge in [-0.25, -0.2) is 4.79 Å². The molecule has 4 nitrogen and oxygen atoms in total. The van der Waals surface area contributed by atoms with Gasteiger partial charge in [-0.15, -0.1) is 6.58 Å². The van der Waals surface area contributed by atoms with E-state index in [1.54, 1.807) is 4.90 Å². The van der Waals surface area contributed by atoms with E-state index >= 15 is 0 Å². The number of rotatable bonds is 4. The Morgan fingerprint density at radius 3 is 2.22 bits per heavy atom. The first kappa shape index (κ1) is 17.5. The molecule has 0 aromatic heterocycles. The largest absolute Gasteiger partial charge is 0.444 e. The molecule has 1 amide bonds. The van der Waals surface area contributed by atoms with Gasteiger partial charge in [-0.05, 0) is 38.3 Å². The van der Waals surface area contributed by atoms with Crippen LogP contribution in [-0.4, -0.2) is 47.7 Å². The van der Waals surface area contributed by atoms with E-state index in [0.29, 0.717) is 0 Å². The minimum absolute atomic E-state index is 0.203. The van der Waals surface area contributed by atoms with E-state index in [1.807, 2.05) is 26.8 Å². The maximum Gasteiger partial charge on any atom is 0.410 e. The average Bonchev–Trinajstić information content (AvgIpc) is 2.48. The van der Waals surface area contributed by atoms with Crippen molar-refractivity contribution >= 4 is 6.09 Å². The highest BCUT2D eigenvalue weighted by Gasteiger charge is 2.25. The van der Waals surface area contributed by atoms with E-state index in [9.17, 15) is 4.79 Å². The maximum absolute atomic E-state index is 12.1. The fraction of sp³-hybridized carbons (Fsp3) is 0.526. The first-order valence-electron chi connectivity index (χ1n) is 8.26. The standard InChI is InChI=1S/C19H28N2O2/c1-5-6-16-7-9-17(10-8-16)15-20-11-13-21(14-12-20)18(22)23-19(2,3)4/h5,7-10H,1,6,11-15H2,2-4H3. The molecule has 0 bridgehead atoms. The normalized spacial score (nSPS) is 16.2. The van der Waals surface area contributed by atoms with Crippen LogP contribution in [0.4, 0.5) is 4.79 Å². The van der Waals surface area contributed by atoms with Crippen LogP contribution in [0.2, 0.25) is 0 Å². The Kier molecular flexibility index (Phi) is 5.83. The quantitative estimate of drug-likeness (QED) is 0.797. The van der Waals surface area contributed by atoms with Gasteiger partial charge in [0.05, 0.1) is 0 Å². The zero-order valence-corrected chi connectivity index (χ0v) is 14.5. The number of piperazine rings is 1. The first-order valence-corrected chi connectivity index (χ1v) is 8.26. The van der Waals surface area contributed by atoms with Crippen molar-refractivity contribution in [2.75, 3.05) is 26.2 Å². The van der Waals surface area contributed by atoms with Gasteiger partial charge in [-0.3, -0.25) is 4.90 Å². The van der Waals surface area contributed by atoms with Gasteiger partial charge < -0.3 is 9.64 Å². The van der Waals surface area contributed by atoms with Crippen LogP contribution < -0.4 is 0 Å². The summed E-state index contributed by atoms with van der Waals surface area (Å²) >= 11 is 0. The van der Waals surface area contributed by atoms with Crippen LogP contribution in [0.15, 0.2) is 36.9 Å².